The van der Waals surface area contributed by atoms with Crippen molar-refractivity contribution in [2.75, 3.05) is 0 Å². The van der Waals surface area contributed by atoms with E-state index in [2.05, 4.69) is 17.2 Å². The summed E-state index contributed by atoms with van der Waals surface area (Å²) in [6.45, 7) is 3.32. The zero-order valence-corrected chi connectivity index (χ0v) is 12.6. The molecule has 0 saturated carbocycles. The summed E-state index contributed by atoms with van der Waals surface area (Å²) < 4.78 is 0. The summed E-state index contributed by atoms with van der Waals surface area (Å²) in [5, 5.41) is 4.93. The molecule has 0 saturated heterocycles. The van der Waals surface area contributed by atoms with Crippen molar-refractivity contribution in [1.29, 1.82) is 0 Å². The molecule has 0 radical (unpaired) electrons. The third-order valence-electron chi connectivity index (χ3n) is 2.90. The SMILES string of the molecule is Cc1ccncc1CNCc1c(Cl)ccc(Cl)c1Cl. The normalized spacial score (nSPS) is 10.7. The van der Waals surface area contributed by atoms with Gasteiger partial charge in [0.05, 0.1) is 10.0 Å². The van der Waals surface area contributed by atoms with E-state index in [9.17, 15) is 0 Å². The fourth-order valence-corrected chi connectivity index (χ4v) is 2.42. The van der Waals surface area contributed by atoms with Crippen LogP contribution in [0, 0.1) is 6.92 Å². The highest BCUT2D eigenvalue weighted by Crippen LogP contribution is 2.31. The van der Waals surface area contributed by atoms with E-state index in [0.29, 0.717) is 28.2 Å². The molecule has 1 aromatic heterocycles. The zero-order valence-electron chi connectivity index (χ0n) is 10.4. The van der Waals surface area contributed by atoms with Crippen LogP contribution in [0.2, 0.25) is 15.1 Å². The summed E-state index contributed by atoms with van der Waals surface area (Å²) in [5.74, 6) is 0. The molecule has 0 amide bonds. The van der Waals surface area contributed by atoms with E-state index in [1.54, 1.807) is 18.3 Å². The number of hydrogen-bond donors (Lipinski definition) is 1. The third-order valence-corrected chi connectivity index (χ3v) is 4.10. The number of rotatable bonds is 4. The molecule has 2 nitrogen and oxygen atoms in total. The van der Waals surface area contributed by atoms with Gasteiger partial charge in [-0.2, -0.15) is 0 Å². The van der Waals surface area contributed by atoms with Crippen molar-refractivity contribution in [2.45, 2.75) is 20.0 Å². The molecule has 0 aliphatic rings. The lowest BCUT2D eigenvalue weighted by Crippen LogP contribution is -2.14. The minimum Gasteiger partial charge on any atom is -0.308 e. The number of benzene rings is 1. The number of pyridine rings is 1. The van der Waals surface area contributed by atoms with Crippen LogP contribution in [0.3, 0.4) is 0 Å². The molecule has 1 heterocycles. The third kappa shape index (κ3) is 3.61. The van der Waals surface area contributed by atoms with Gasteiger partial charge in [-0.3, -0.25) is 4.98 Å². The molecule has 100 valence electrons. The average molecular weight is 316 g/mol. The number of nitrogens with one attached hydrogen (secondary N) is 1. The van der Waals surface area contributed by atoms with Gasteiger partial charge in [0.1, 0.15) is 0 Å². The molecular weight excluding hydrogens is 303 g/mol. The first-order valence-corrected chi connectivity index (χ1v) is 6.95. The quantitative estimate of drug-likeness (QED) is 0.831. The Morgan fingerprint density at radius 3 is 2.53 bits per heavy atom. The molecule has 1 aromatic carbocycles. The van der Waals surface area contributed by atoms with Crippen molar-refractivity contribution in [3.63, 3.8) is 0 Å². The van der Waals surface area contributed by atoms with Gasteiger partial charge in [0.2, 0.25) is 0 Å². The number of hydrogen-bond acceptors (Lipinski definition) is 2. The molecule has 0 bridgehead atoms. The second-order valence-corrected chi connectivity index (χ2v) is 5.42. The van der Waals surface area contributed by atoms with Crippen molar-refractivity contribution in [3.8, 4) is 0 Å². The number of halogens is 3. The second kappa shape index (κ2) is 6.58. The van der Waals surface area contributed by atoms with Gasteiger partial charge >= 0.3 is 0 Å². The van der Waals surface area contributed by atoms with Gasteiger partial charge in [-0.05, 0) is 36.2 Å². The topological polar surface area (TPSA) is 24.9 Å². The van der Waals surface area contributed by atoms with Crippen molar-refractivity contribution in [2.24, 2.45) is 0 Å². The molecule has 0 spiro atoms. The summed E-state index contributed by atoms with van der Waals surface area (Å²) >= 11 is 18.2. The molecule has 2 rings (SSSR count). The van der Waals surface area contributed by atoms with Crippen LogP contribution in [0.25, 0.3) is 0 Å². The van der Waals surface area contributed by atoms with Gasteiger partial charge in [-0.1, -0.05) is 34.8 Å². The van der Waals surface area contributed by atoms with Crippen molar-refractivity contribution in [3.05, 3.63) is 62.4 Å². The first-order chi connectivity index (χ1) is 9.09. The fraction of sp³-hybridized carbons (Fsp3) is 0.214. The first kappa shape index (κ1) is 14.6. The highest BCUT2D eigenvalue weighted by atomic mass is 35.5. The summed E-state index contributed by atoms with van der Waals surface area (Å²) in [5.41, 5.74) is 3.17. The van der Waals surface area contributed by atoms with E-state index >= 15 is 0 Å². The predicted octanol–water partition coefficient (Wildman–Crippen LogP) is 4.64. The Morgan fingerprint density at radius 1 is 1.05 bits per heavy atom. The van der Waals surface area contributed by atoms with E-state index in [1.165, 1.54) is 5.56 Å². The zero-order chi connectivity index (χ0) is 13.8. The lowest BCUT2D eigenvalue weighted by Gasteiger charge is -2.11. The van der Waals surface area contributed by atoms with Crippen molar-refractivity contribution < 1.29 is 0 Å². The van der Waals surface area contributed by atoms with Gasteiger partial charge in [0.15, 0.2) is 0 Å². The van der Waals surface area contributed by atoms with Crippen LogP contribution in [0.1, 0.15) is 16.7 Å². The molecular formula is C14H13Cl3N2. The Balaban J connectivity index is 2.04. The number of aromatic nitrogens is 1. The van der Waals surface area contributed by atoms with Crippen LogP contribution in [0.5, 0.6) is 0 Å². The highest BCUT2D eigenvalue weighted by molar-refractivity contribution is 6.44. The lowest BCUT2D eigenvalue weighted by molar-refractivity contribution is 0.689. The van der Waals surface area contributed by atoms with Crippen LogP contribution < -0.4 is 5.32 Å². The summed E-state index contributed by atoms with van der Waals surface area (Å²) in [4.78, 5) is 4.11. The molecule has 0 aliphatic carbocycles. The molecule has 0 aliphatic heterocycles. The Bertz CT molecular complexity index is 585. The molecule has 0 atom stereocenters. The predicted molar refractivity (Wildman–Crippen MR) is 81.0 cm³/mol. The lowest BCUT2D eigenvalue weighted by atomic mass is 10.1. The highest BCUT2D eigenvalue weighted by Gasteiger charge is 2.09. The maximum Gasteiger partial charge on any atom is 0.0652 e. The van der Waals surface area contributed by atoms with Crippen LogP contribution in [0.15, 0.2) is 30.6 Å². The molecule has 2 aromatic rings. The molecule has 1 N–H and O–H groups in total. The fourth-order valence-electron chi connectivity index (χ4n) is 1.74. The molecule has 0 unspecified atom stereocenters. The standard InChI is InChI=1S/C14H13Cl3N2/c1-9-4-5-18-6-10(9)7-19-8-11-12(15)2-3-13(16)14(11)17/h2-6,19H,7-8H2,1H3. The maximum atomic E-state index is 6.14. The monoisotopic (exact) mass is 314 g/mol. The van der Waals surface area contributed by atoms with E-state index in [1.807, 2.05) is 12.3 Å². The van der Waals surface area contributed by atoms with Crippen LogP contribution in [-0.4, -0.2) is 4.98 Å². The van der Waals surface area contributed by atoms with Gasteiger partial charge in [0.25, 0.3) is 0 Å². The van der Waals surface area contributed by atoms with E-state index in [-0.39, 0.29) is 0 Å². The molecule has 19 heavy (non-hydrogen) atoms. The second-order valence-electron chi connectivity index (χ2n) is 4.23. The van der Waals surface area contributed by atoms with E-state index in [0.717, 1.165) is 11.1 Å². The van der Waals surface area contributed by atoms with Gasteiger partial charge in [-0.15, -0.1) is 0 Å². The smallest absolute Gasteiger partial charge is 0.0652 e. The van der Waals surface area contributed by atoms with E-state index < -0.39 is 0 Å². The Morgan fingerprint density at radius 2 is 1.79 bits per heavy atom. The Hall–Kier alpha value is -0.800. The maximum absolute atomic E-state index is 6.14. The summed E-state index contributed by atoms with van der Waals surface area (Å²) in [6, 6.07) is 5.43. The van der Waals surface area contributed by atoms with Gasteiger partial charge in [-0.25, -0.2) is 0 Å². The number of aryl methyl sites for hydroxylation is 1. The van der Waals surface area contributed by atoms with Crippen LogP contribution >= 0.6 is 34.8 Å². The minimum absolute atomic E-state index is 0.504. The van der Waals surface area contributed by atoms with Crippen LogP contribution in [-0.2, 0) is 13.1 Å². The van der Waals surface area contributed by atoms with Crippen LogP contribution in [0.4, 0.5) is 0 Å². The Labute approximate surface area is 127 Å². The van der Waals surface area contributed by atoms with Crippen molar-refractivity contribution in [1.82, 2.24) is 10.3 Å². The largest absolute Gasteiger partial charge is 0.308 e. The molecule has 0 fully saturated rings. The Kier molecular flexibility index (Phi) is 5.06. The van der Waals surface area contributed by atoms with Crippen molar-refractivity contribution >= 4 is 34.8 Å². The summed E-state index contributed by atoms with van der Waals surface area (Å²) in [7, 11) is 0. The first-order valence-electron chi connectivity index (χ1n) is 5.82. The van der Waals surface area contributed by atoms with Gasteiger partial charge < -0.3 is 5.32 Å². The average Bonchev–Trinajstić information content (AvgIpc) is 2.40. The number of nitrogens with zero attached hydrogens (tertiary/aromatic N) is 1. The molecule has 5 heteroatoms. The van der Waals surface area contributed by atoms with E-state index in [4.69, 9.17) is 34.8 Å². The summed E-state index contributed by atoms with van der Waals surface area (Å²) in [6.07, 6.45) is 3.63. The van der Waals surface area contributed by atoms with Gasteiger partial charge in [0, 0.05) is 36.1 Å². The minimum atomic E-state index is 0.504.